The second-order valence-corrected chi connectivity index (χ2v) is 6.49. The van der Waals surface area contributed by atoms with Crippen LogP contribution >= 0.6 is 0 Å². The Morgan fingerprint density at radius 2 is 1.59 bits per heavy atom. The standard InChI is InChI=1S/C15H30NO/c1-3-4-5-6-7-10-16(2)13-8-9-14(16)12-15(17)11-13/h13-15,17H,3-12H2,1-2H3/q+1. The number of aliphatic hydroxyl groups excluding tert-OH is 1. The molecule has 0 aromatic rings. The number of nitrogens with zero attached hydrogens (tertiary/aromatic N) is 1. The lowest BCUT2D eigenvalue weighted by Crippen LogP contribution is -2.58. The van der Waals surface area contributed by atoms with E-state index in [4.69, 9.17) is 0 Å². The average molecular weight is 240 g/mol. The van der Waals surface area contributed by atoms with Crippen molar-refractivity contribution in [1.82, 2.24) is 0 Å². The van der Waals surface area contributed by atoms with Crippen molar-refractivity contribution in [1.29, 1.82) is 0 Å². The van der Waals surface area contributed by atoms with Crippen LogP contribution in [-0.4, -0.2) is 41.4 Å². The second kappa shape index (κ2) is 5.71. The monoisotopic (exact) mass is 240 g/mol. The molecule has 0 aliphatic carbocycles. The van der Waals surface area contributed by atoms with Crippen LogP contribution in [0.25, 0.3) is 0 Å². The van der Waals surface area contributed by atoms with Crippen LogP contribution in [0.15, 0.2) is 0 Å². The molecule has 2 rings (SSSR count). The summed E-state index contributed by atoms with van der Waals surface area (Å²) in [5, 5.41) is 9.85. The molecule has 2 unspecified atom stereocenters. The number of quaternary nitrogens is 1. The molecule has 1 N–H and O–H groups in total. The van der Waals surface area contributed by atoms with E-state index in [1.807, 2.05) is 0 Å². The molecule has 2 bridgehead atoms. The molecule has 17 heavy (non-hydrogen) atoms. The Labute approximate surface area is 107 Å². The minimum absolute atomic E-state index is 0.00112. The van der Waals surface area contributed by atoms with Gasteiger partial charge >= 0.3 is 0 Å². The van der Waals surface area contributed by atoms with Crippen LogP contribution in [-0.2, 0) is 0 Å². The van der Waals surface area contributed by atoms with Crippen molar-refractivity contribution in [2.75, 3.05) is 13.6 Å². The first kappa shape index (κ1) is 13.4. The van der Waals surface area contributed by atoms with Gasteiger partial charge < -0.3 is 9.59 Å². The first-order chi connectivity index (χ1) is 8.16. The molecule has 2 aliphatic heterocycles. The van der Waals surface area contributed by atoms with Crippen molar-refractivity contribution >= 4 is 0 Å². The van der Waals surface area contributed by atoms with Crippen molar-refractivity contribution < 1.29 is 9.59 Å². The molecule has 2 fully saturated rings. The minimum atomic E-state index is -0.00112. The first-order valence-corrected chi connectivity index (χ1v) is 7.69. The lowest BCUT2D eigenvalue weighted by Gasteiger charge is -2.46. The number of hydrogen-bond acceptors (Lipinski definition) is 1. The fraction of sp³-hybridized carbons (Fsp3) is 1.00. The lowest BCUT2D eigenvalue weighted by molar-refractivity contribution is -0.949. The van der Waals surface area contributed by atoms with Crippen LogP contribution in [0.1, 0.15) is 64.7 Å². The molecule has 100 valence electrons. The van der Waals surface area contributed by atoms with E-state index < -0.39 is 0 Å². The Balaban J connectivity index is 1.79. The Bertz CT molecular complexity index is 227. The summed E-state index contributed by atoms with van der Waals surface area (Å²) in [7, 11) is 2.45. The van der Waals surface area contributed by atoms with Gasteiger partial charge in [0, 0.05) is 25.7 Å². The van der Waals surface area contributed by atoms with Crippen molar-refractivity contribution in [2.24, 2.45) is 0 Å². The molecule has 0 radical (unpaired) electrons. The maximum Gasteiger partial charge on any atom is 0.0917 e. The predicted octanol–water partition coefficient (Wildman–Crippen LogP) is 3.09. The predicted molar refractivity (Wildman–Crippen MR) is 71.9 cm³/mol. The SMILES string of the molecule is CCCCCCC[N+]1(C)C2CCC1CC(O)C2. The van der Waals surface area contributed by atoms with E-state index in [9.17, 15) is 5.11 Å². The molecule has 2 heteroatoms. The summed E-state index contributed by atoms with van der Waals surface area (Å²) in [6.07, 6.45) is 11.8. The number of piperidine rings is 1. The Morgan fingerprint density at radius 3 is 2.18 bits per heavy atom. The van der Waals surface area contributed by atoms with Gasteiger partial charge in [-0.15, -0.1) is 0 Å². The largest absolute Gasteiger partial charge is 0.393 e. The van der Waals surface area contributed by atoms with Gasteiger partial charge in [0.15, 0.2) is 0 Å². The molecule has 0 aromatic carbocycles. The molecule has 0 spiro atoms. The summed E-state index contributed by atoms with van der Waals surface area (Å²) >= 11 is 0. The van der Waals surface area contributed by atoms with Crippen LogP contribution in [0.4, 0.5) is 0 Å². The van der Waals surface area contributed by atoms with Gasteiger partial charge in [-0.2, -0.15) is 0 Å². The van der Waals surface area contributed by atoms with E-state index in [1.54, 1.807) is 0 Å². The van der Waals surface area contributed by atoms with Crippen molar-refractivity contribution in [3.63, 3.8) is 0 Å². The molecule has 2 nitrogen and oxygen atoms in total. The van der Waals surface area contributed by atoms with Crippen LogP contribution in [0.2, 0.25) is 0 Å². The number of hydrogen-bond donors (Lipinski definition) is 1. The zero-order valence-electron chi connectivity index (χ0n) is 11.7. The average Bonchev–Trinajstić information content (AvgIpc) is 2.51. The molecule has 0 amide bonds. The summed E-state index contributed by atoms with van der Waals surface area (Å²) in [6.45, 7) is 3.63. The van der Waals surface area contributed by atoms with Gasteiger partial charge in [-0.25, -0.2) is 0 Å². The van der Waals surface area contributed by atoms with E-state index in [0.717, 1.165) is 24.9 Å². The van der Waals surface area contributed by atoms with Crippen molar-refractivity contribution in [2.45, 2.75) is 82.9 Å². The van der Waals surface area contributed by atoms with Gasteiger partial charge in [0.1, 0.15) is 0 Å². The maximum atomic E-state index is 9.85. The number of aliphatic hydroxyl groups is 1. The van der Waals surface area contributed by atoms with Crippen molar-refractivity contribution in [3.8, 4) is 0 Å². The van der Waals surface area contributed by atoms with Crippen LogP contribution in [0, 0.1) is 0 Å². The fourth-order valence-electron chi connectivity index (χ4n) is 4.14. The van der Waals surface area contributed by atoms with Gasteiger partial charge in [0.2, 0.25) is 0 Å². The van der Waals surface area contributed by atoms with E-state index >= 15 is 0 Å². The molecule has 0 aromatic heterocycles. The molecular weight excluding hydrogens is 210 g/mol. The van der Waals surface area contributed by atoms with Gasteiger partial charge in [0.05, 0.1) is 31.8 Å². The second-order valence-electron chi connectivity index (χ2n) is 6.49. The summed E-state index contributed by atoms with van der Waals surface area (Å²) in [4.78, 5) is 0. The Hall–Kier alpha value is -0.0800. The van der Waals surface area contributed by atoms with Crippen molar-refractivity contribution in [3.05, 3.63) is 0 Å². The molecule has 2 heterocycles. The van der Waals surface area contributed by atoms with Crippen LogP contribution in [0.3, 0.4) is 0 Å². The number of fused-ring (bicyclic) bond motifs is 2. The Morgan fingerprint density at radius 1 is 1.00 bits per heavy atom. The highest BCUT2D eigenvalue weighted by molar-refractivity contribution is 4.85. The maximum absolute atomic E-state index is 9.85. The summed E-state index contributed by atoms with van der Waals surface area (Å²) in [5.74, 6) is 0. The topological polar surface area (TPSA) is 20.2 Å². The minimum Gasteiger partial charge on any atom is -0.393 e. The van der Waals surface area contributed by atoms with E-state index in [2.05, 4.69) is 14.0 Å². The van der Waals surface area contributed by atoms with E-state index in [-0.39, 0.29) is 6.10 Å². The van der Waals surface area contributed by atoms with Gasteiger partial charge in [-0.1, -0.05) is 26.2 Å². The molecule has 2 atom stereocenters. The zero-order chi connectivity index (χ0) is 12.3. The molecule has 2 aliphatic rings. The Kier molecular flexibility index (Phi) is 4.48. The highest BCUT2D eigenvalue weighted by Crippen LogP contribution is 2.41. The number of rotatable bonds is 6. The third kappa shape index (κ3) is 2.85. The lowest BCUT2D eigenvalue weighted by atomic mass is 9.96. The highest BCUT2D eigenvalue weighted by atomic mass is 16.3. The zero-order valence-corrected chi connectivity index (χ0v) is 11.7. The van der Waals surface area contributed by atoms with Gasteiger partial charge in [-0.3, -0.25) is 0 Å². The fourth-order valence-corrected chi connectivity index (χ4v) is 4.14. The summed E-state index contributed by atoms with van der Waals surface area (Å²) in [6, 6.07) is 1.52. The van der Waals surface area contributed by atoms with Gasteiger partial charge in [0.25, 0.3) is 0 Å². The highest BCUT2D eigenvalue weighted by Gasteiger charge is 2.50. The first-order valence-electron chi connectivity index (χ1n) is 7.69. The normalized spacial score (nSPS) is 40.8. The van der Waals surface area contributed by atoms with E-state index in [0.29, 0.717) is 0 Å². The van der Waals surface area contributed by atoms with E-state index in [1.165, 1.54) is 56.0 Å². The smallest absolute Gasteiger partial charge is 0.0917 e. The molecule has 2 saturated heterocycles. The third-order valence-corrected chi connectivity index (χ3v) is 5.33. The third-order valence-electron chi connectivity index (χ3n) is 5.33. The molecular formula is C15H30NO+. The quantitative estimate of drug-likeness (QED) is 0.559. The number of unbranched alkanes of at least 4 members (excludes halogenated alkanes) is 4. The van der Waals surface area contributed by atoms with Crippen LogP contribution < -0.4 is 0 Å². The van der Waals surface area contributed by atoms with Crippen LogP contribution in [0.5, 0.6) is 0 Å². The summed E-state index contributed by atoms with van der Waals surface area (Å²) in [5.41, 5.74) is 0. The van der Waals surface area contributed by atoms with Gasteiger partial charge in [-0.05, 0) is 12.8 Å². The molecule has 0 saturated carbocycles. The summed E-state index contributed by atoms with van der Waals surface area (Å²) < 4.78 is 1.28.